The molecule has 110 valence electrons. The molecule has 0 unspecified atom stereocenters. The van der Waals surface area contributed by atoms with Crippen LogP contribution in [0.3, 0.4) is 0 Å². The summed E-state index contributed by atoms with van der Waals surface area (Å²) in [7, 11) is -1.80. The highest BCUT2D eigenvalue weighted by atomic mass is 32.2. The summed E-state index contributed by atoms with van der Waals surface area (Å²) in [6, 6.07) is 8.83. The van der Waals surface area contributed by atoms with Gasteiger partial charge in [0.25, 0.3) is 10.0 Å². The van der Waals surface area contributed by atoms with E-state index >= 15 is 0 Å². The number of nitrogens with zero attached hydrogens (tertiary/aromatic N) is 3. The van der Waals surface area contributed by atoms with Gasteiger partial charge in [-0.15, -0.1) is 21.5 Å². The second kappa shape index (κ2) is 5.21. The normalized spacial score (nSPS) is 13.6. The third-order valence-corrected chi connectivity index (χ3v) is 6.26. The highest BCUT2D eigenvalue weighted by molar-refractivity contribution is 7.91. The highest BCUT2D eigenvalue weighted by Crippen LogP contribution is 2.29. The average molecular weight is 322 g/mol. The Morgan fingerprint density at radius 3 is 2.76 bits per heavy atom. The molecule has 0 bridgehead atoms. The van der Waals surface area contributed by atoms with Crippen molar-refractivity contribution >= 4 is 31.4 Å². The Bertz CT molecular complexity index is 849. The molecule has 8 heteroatoms. The lowest BCUT2D eigenvalue weighted by Gasteiger charge is -2.12. The lowest BCUT2D eigenvalue weighted by Crippen LogP contribution is -2.28. The van der Waals surface area contributed by atoms with Gasteiger partial charge in [-0.05, 0) is 24.4 Å². The molecule has 3 rings (SSSR count). The second-order valence-corrected chi connectivity index (χ2v) is 7.77. The molecule has 0 spiro atoms. The molecule has 0 aliphatic carbocycles. The van der Waals surface area contributed by atoms with Crippen molar-refractivity contribution in [2.24, 2.45) is 7.05 Å². The van der Waals surface area contributed by atoms with E-state index in [9.17, 15) is 8.42 Å². The Morgan fingerprint density at radius 1 is 1.33 bits per heavy atom. The maximum atomic E-state index is 12.5. The molecule has 6 nitrogen and oxygen atoms in total. The van der Waals surface area contributed by atoms with E-state index in [1.54, 1.807) is 30.9 Å². The molecule has 1 aromatic carbocycles. The number of aromatic nitrogens is 3. The Morgan fingerprint density at radius 2 is 2.10 bits per heavy atom. The van der Waals surface area contributed by atoms with Crippen LogP contribution >= 0.6 is 11.3 Å². The monoisotopic (exact) mass is 322 g/mol. The molecular weight excluding hydrogens is 308 g/mol. The number of nitrogens with one attached hydrogen (secondary N) is 1. The van der Waals surface area contributed by atoms with Gasteiger partial charge in [-0.2, -0.15) is 0 Å². The van der Waals surface area contributed by atoms with E-state index in [4.69, 9.17) is 0 Å². The first-order chi connectivity index (χ1) is 9.97. The van der Waals surface area contributed by atoms with Crippen molar-refractivity contribution in [1.82, 2.24) is 19.5 Å². The topological polar surface area (TPSA) is 76.9 Å². The maximum Gasteiger partial charge on any atom is 0.250 e. The average Bonchev–Trinajstić information content (AvgIpc) is 3.04. The Labute approximate surface area is 126 Å². The molecule has 0 fully saturated rings. The molecule has 0 saturated carbocycles. The maximum absolute atomic E-state index is 12.5. The van der Waals surface area contributed by atoms with Gasteiger partial charge in [0, 0.05) is 11.7 Å². The minimum absolute atomic E-state index is 0.303. The predicted molar refractivity (Wildman–Crippen MR) is 81.6 cm³/mol. The summed E-state index contributed by atoms with van der Waals surface area (Å²) < 4.78 is 30.5. The van der Waals surface area contributed by atoms with Gasteiger partial charge in [-0.3, -0.25) is 0 Å². The minimum atomic E-state index is -3.58. The van der Waals surface area contributed by atoms with Gasteiger partial charge in [0.15, 0.2) is 0 Å². The smallest absolute Gasteiger partial charge is 0.250 e. The van der Waals surface area contributed by atoms with Crippen LogP contribution in [-0.2, 0) is 17.1 Å². The van der Waals surface area contributed by atoms with Crippen molar-refractivity contribution in [3.63, 3.8) is 0 Å². The van der Waals surface area contributed by atoms with Crippen molar-refractivity contribution in [3.8, 4) is 0 Å². The lowest BCUT2D eigenvalue weighted by molar-refractivity contribution is 0.555. The summed E-state index contributed by atoms with van der Waals surface area (Å²) in [5.74, 6) is 0.569. The summed E-state index contributed by atoms with van der Waals surface area (Å²) in [6.45, 7) is 1.74. The first-order valence-electron chi connectivity index (χ1n) is 6.32. The van der Waals surface area contributed by atoms with Crippen molar-refractivity contribution < 1.29 is 8.42 Å². The van der Waals surface area contributed by atoms with Gasteiger partial charge in [-0.1, -0.05) is 18.2 Å². The zero-order valence-corrected chi connectivity index (χ0v) is 13.1. The number of hydrogen-bond acceptors (Lipinski definition) is 5. The summed E-state index contributed by atoms with van der Waals surface area (Å²) in [4.78, 5) is 0. The van der Waals surface area contributed by atoms with Crippen LogP contribution in [0.4, 0.5) is 0 Å². The number of hydrogen-bond donors (Lipinski definition) is 1. The summed E-state index contributed by atoms with van der Waals surface area (Å²) >= 11 is 1.25. The lowest BCUT2D eigenvalue weighted by atomic mass is 10.3. The molecular formula is C13H14N4O2S2. The van der Waals surface area contributed by atoms with Gasteiger partial charge in [0.1, 0.15) is 16.4 Å². The van der Waals surface area contributed by atoms with Crippen molar-refractivity contribution in [3.05, 3.63) is 42.5 Å². The van der Waals surface area contributed by atoms with Crippen molar-refractivity contribution in [2.45, 2.75) is 17.2 Å². The van der Waals surface area contributed by atoms with Crippen LogP contribution in [0.25, 0.3) is 10.1 Å². The fourth-order valence-corrected chi connectivity index (χ4v) is 4.73. The van der Waals surface area contributed by atoms with E-state index in [1.165, 1.54) is 11.3 Å². The molecule has 0 aliphatic rings. The number of aryl methyl sites for hydroxylation is 1. The third kappa shape index (κ3) is 2.69. The number of fused-ring (bicyclic) bond motifs is 1. The largest absolute Gasteiger partial charge is 0.319 e. The van der Waals surface area contributed by atoms with Gasteiger partial charge in [0.2, 0.25) is 0 Å². The molecule has 2 aromatic heterocycles. The summed E-state index contributed by atoms with van der Waals surface area (Å²) in [5.41, 5.74) is 0. The van der Waals surface area contributed by atoms with Gasteiger partial charge in [-0.25, -0.2) is 13.1 Å². The van der Waals surface area contributed by atoms with E-state index in [1.807, 2.05) is 24.3 Å². The van der Waals surface area contributed by atoms with Crippen LogP contribution in [0.2, 0.25) is 0 Å². The van der Waals surface area contributed by atoms with Crippen LogP contribution in [-0.4, -0.2) is 23.2 Å². The zero-order chi connectivity index (χ0) is 15.0. The molecule has 3 aromatic rings. The number of sulfonamides is 1. The van der Waals surface area contributed by atoms with Crippen LogP contribution < -0.4 is 4.72 Å². The Kier molecular flexibility index (Phi) is 3.52. The third-order valence-electron chi connectivity index (χ3n) is 3.13. The fraction of sp³-hybridized carbons (Fsp3) is 0.231. The first kappa shape index (κ1) is 14.2. The van der Waals surface area contributed by atoms with Crippen molar-refractivity contribution in [1.29, 1.82) is 0 Å². The SMILES string of the molecule is C[C@H](NS(=O)(=O)c1cc2ccccc2s1)c1nncn1C. The second-order valence-electron chi connectivity index (χ2n) is 4.75. The number of benzene rings is 1. The van der Waals surface area contributed by atoms with E-state index in [0.717, 1.165) is 10.1 Å². The molecule has 0 saturated heterocycles. The molecule has 1 atom stereocenters. The van der Waals surface area contributed by atoms with Crippen LogP contribution in [0.15, 0.2) is 40.9 Å². The van der Waals surface area contributed by atoms with Gasteiger partial charge in [0.05, 0.1) is 6.04 Å². The first-order valence-corrected chi connectivity index (χ1v) is 8.62. The van der Waals surface area contributed by atoms with E-state index in [-0.39, 0.29) is 0 Å². The summed E-state index contributed by atoms with van der Waals surface area (Å²) in [6.07, 6.45) is 1.54. The molecule has 21 heavy (non-hydrogen) atoms. The standard InChI is InChI=1S/C13H14N4O2S2/c1-9(13-15-14-8-17(13)2)16-21(18,19)12-7-10-5-3-4-6-11(10)20-12/h3-9,16H,1-2H3/t9-/m0/s1. The highest BCUT2D eigenvalue weighted by Gasteiger charge is 2.22. The van der Waals surface area contributed by atoms with E-state index in [0.29, 0.717) is 10.0 Å². The Hall–Kier alpha value is -1.77. The molecule has 0 amide bonds. The summed E-state index contributed by atoms with van der Waals surface area (Å²) in [5, 5.41) is 8.61. The number of rotatable bonds is 4. The zero-order valence-electron chi connectivity index (χ0n) is 11.5. The van der Waals surface area contributed by atoms with Crippen LogP contribution in [0.5, 0.6) is 0 Å². The molecule has 1 N–H and O–H groups in total. The molecule has 0 radical (unpaired) electrons. The van der Waals surface area contributed by atoms with Crippen molar-refractivity contribution in [2.75, 3.05) is 0 Å². The minimum Gasteiger partial charge on any atom is -0.319 e. The Balaban J connectivity index is 1.91. The molecule has 2 heterocycles. The van der Waals surface area contributed by atoms with E-state index < -0.39 is 16.1 Å². The van der Waals surface area contributed by atoms with Gasteiger partial charge < -0.3 is 4.57 Å². The van der Waals surface area contributed by atoms with E-state index in [2.05, 4.69) is 14.9 Å². The quantitative estimate of drug-likeness (QED) is 0.798. The molecule has 0 aliphatic heterocycles. The van der Waals surface area contributed by atoms with Crippen LogP contribution in [0, 0.1) is 0 Å². The van der Waals surface area contributed by atoms with Gasteiger partial charge >= 0.3 is 0 Å². The predicted octanol–water partition coefficient (Wildman–Crippen LogP) is 2.07. The fourth-order valence-electron chi connectivity index (χ4n) is 2.12. The number of thiophene rings is 1. The van der Waals surface area contributed by atoms with Crippen LogP contribution in [0.1, 0.15) is 18.8 Å².